The number of hydrogen-bond donors (Lipinski definition) is 2. The summed E-state index contributed by atoms with van der Waals surface area (Å²) in [6.45, 7) is 5.84. The van der Waals surface area contributed by atoms with Gasteiger partial charge in [-0.25, -0.2) is 4.98 Å². The third kappa shape index (κ3) is 3.95. The van der Waals surface area contributed by atoms with Gasteiger partial charge in [-0.15, -0.1) is 11.3 Å². The van der Waals surface area contributed by atoms with Crippen molar-refractivity contribution in [2.45, 2.75) is 26.0 Å². The number of thiazole rings is 1. The second-order valence-corrected chi connectivity index (χ2v) is 7.24. The zero-order valence-electron chi connectivity index (χ0n) is 13.6. The van der Waals surface area contributed by atoms with Crippen molar-refractivity contribution in [3.05, 3.63) is 39.9 Å². The maximum Gasteiger partial charge on any atom is 0.250 e. The van der Waals surface area contributed by atoms with Crippen LogP contribution in [0.15, 0.2) is 24.3 Å². The molecule has 128 valence electrons. The summed E-state index contributed by atoms with van der Waals surface area (Å²) in [5, 5.41) is 7.82. The molecule has 2 aromatic rings. The van der Waals surface area contributed by atoms with Crippen molar-refractivity contribution in [3.63, 3.8) is 0 Å². The summed E-state index contributed by atoms with van der Waals surface area (Å²) in [4.78, 5) is 18.0. The first-order valence-corrected chi connectivity index (χ1v) is 9.10. The van der Waals surface area contributed by atoms with Gasteiger partial charge in [0.05, 0.1) is 23.2 Å². The van der Waals surface area contributed by atoms with E-state index in [4.69, 9.17) is 16.3 Å². The quantitative estimate of drug-likeness (QED) is 0.874. The molecule has 24 heavy (non-hydrogen) atoms. The lowest BCUT2D eigenvalue weighted by Gasteiger charge is -2.24. The molecule has 5 nitrogen and oxygen atoms in total. The number of carbonyl (C=O) groups is 1. The molecule has 2 unspecified atom stereocenters. The first kappa shape index (κ1) is 17.4. The highest BCUT2D eigenvalue weighted by Gasteiger charge is 2.24. The highest BCUT2D eigenvalue weighted by molar-refractivity contribution is 7.15. The van der Waals surface area contributed by atoms with Crippen molar-refractivity contribution in [1.29, 1.82) is 0 Å². The number of rotatable bonds is 4. The molecule has 0 radical (unpaired) electrons. The minimum Gasteiger partial charge on any atom is -0.366 e. The largest absolute Gasteiger partial charge is 0.366 e. The van der Waals surface area contributed by atoms with Gasteiger partial charge >= 0.3 is 0 Å². The Morgan fingerprint density at radius 3 is 2.88 bits per heavy atom. The van der Waals surface area contributed by atoms with E-state index in [1.54, 1.807) is 11.3 Å². The lowest BCUT2D eigenvalue weighted by molar-refractivity contribution is -0.134. The van der Waals surface area contributed by atoms with Gasteiger partial charge in [0, 0.05) is 23.7 Å². The molecule has 1 aromatic heterocycles. The fourth-order valence-corrected chi connectivity index (χ4v) is 3.83. The number of nitrogens with one attached hydrogen (secondary N) is 2. The third-order valence-corrected chi connectivity index (χ3v) is 5.54. The fourth-order valence-electron chi connectivity index (χ4n) is 2.63. The maximum absolute atomic E-state index is 12.3. The molecule has 0 aliphatic carbocycles. The van der Waals surface area contributed by atoms with Gasteiger partial charge in [0.2, 0.25) is 0 Å². The van der Waals surface area contributed by atoms with E-state index in [9.17, 15) is 4.79 Å². The van der Waals surface area contributed by atoms with Gasteiger partial charge < -0.3 is 15.4 Å². The van der Waals surface area contributed by atoms with Crippen molar-refractivity contribution in [1.82, 2.24) is 15.6 Å². The molecule has 3 rings (SSSR count). The smallest absolute Gasteiger partial charge is 0.250 e. The molecule has 0 bridgehead atoms. The number of carbonyl (C=O) groups excluding carboxylic acids is 1. The molecule has 1 fully saturated rings. The molecule has 0 saturated carbocycles. The number of nitrogens with zero attached hydrogens (tertiary/aromatic N) is 1. The summed E-state index contributed by atoms with van der Waals surface area (Å²) in [6, 6.07) is 7.50. The molecule has 1 amide bonds. The van der Waals surface area contributed by atoms with Crippen LogP contribution in [0.5, 0.6) is 0 Å². The van der Waals surface area contributed by atoms with Crippen LogP contribution in [-0.4, -0.2) is 36.7 Å². The average molecular weight is 366 g/mol. The van der Waals surface area contributed by atoms with Crippen LogP contribution >= 0.6 is 22.9 Å². The van der Waals surface area contributed by atoms with Crippen LogP contribution in [0.3, 0.4) is 0 Å². The van der Waals surface area contributed by atoms with E-state index < -0.39 is 6.10 Å². The van der Waals surface area contributed by atoms with E-state index in [0.29, 0.717) is 18.2 Å². The van der Waals surface area contributed by atoms with Gasteiger partial charge in [0.15, 0.2) is 0 Å². The van der Waals surface area contributed by atoms with Crippen molar-refractivity contribution in [3.8, 4) is 10.6 Å². The zero-order chi connectivity index (χ0) is 17.1. The van der Waals surface area contributed by atoms with Gasteiger partial charge in [-0.1, -0.05) is 23.7 Å². The van der Waals surface area contributed by atoms with Crippen LogP contribution in [0.1, 0.15) is 23.5 Å². The van der Waals surface area contributed by atoms with Crippen molar-refractivity contribution < 1.29 is 9.53 Å². The molecule has 0 spiro atoms. The molecular weight excluding hydrogens is 346 g/mol. The van der Waals surface area contributed by atoms with Crippen molar-refractivity contribution >= 4 is 28.8 Å². The van der Waals surface area contributed by atoms with E-state index in [2.05, 4.69) is 15.6 Å². The average Bonchev–Trinajstić information content (AvgIpc) is 2.98. The van der Waals surface area contributed by atoms with Crippen LogP contribution in [0.25, 0.3) is 10.6 Å². The number of aromatic nitrogens is 1. The highest BCUT2D eigenvalue weighted by Crippen LogP contribution is 2.32. The second-order valence-electron chi connectivity index (χ2n) is 5.77. The van der Waals surface area contributed by atoms with E-state index in [-0.39, 0.29) is 11.9 Å². The Bertz CT molecular complexity index is 711. The van der Waals surface area contributed by atoms with Crippen LogP contribution in [0, 0.1) is 6.92 Å². The summed E-state index contributed by atoms with van der Waals surface area (Å²) < 4.78 is 5.49. The topological polar surface area (TPSA) is 63.2 Å². The van der Waals surface area contributed by atoms with Crippen LogP contribution in [0.4, 0.5) is 0 Å². The molecule has 1 saturated heterocycles. The van der Waals surface area contributed by atoms with Crippen LogP contribution in [0.2, 0.25) is 5.02 Å². The number of ether oxygens (including phenoxy) is 1. The third-order valence-electron chi connectivity index (χ3n) is 3.90. The molecule has 7 heteroatoms. The Morgan fingerprint density at radius 2 is 2.21 bits per heavy atom. The summed E-state index contributed by atoms with van der Waals surface area (Å²) in [5.74, 6) is -0.0875. The summed E-state index contributed by atoms with van der Waals surface area (Å²) >= 11 is 7.53. The van der Waals surface area contributed by atoms with Crippen LogP contribution < -0.4 is 10.6 Å². The minimum absolute atomic E-state index is 0.0875. The fraction of sp³-hybridized carbons (Fsp3) is 0.412. The summed E-state index contributed by atoms with van der Waals surface area (Å²) in [5.41, 5.74) is 1.96. The normalized spacial score (nSPS) is 19.0. The Morgan fingerprint density at radius 1 is 1.46 bits per heavy atom. The van der Waals surface area contributed by atoms with Crippen molar-refractivity contribution in [2.75, 3.05) is 19.7 Å². The van der Waals surface area contributed by atoms with E-state index in [1.165, 1.54) is 0 Å². The SMILES string of the molecule is Cc1nc(-c2ccc(Cl)cc2)sc1C(C)NC(=O)C1CNCCO1. The molecule has 1 aliphatic heterocycles. The van der Waals surface area contributed by atoms with E-state index >= 15 is 0 Å². The van der Waals surface area contributed by atoms with Gasteiger partial charge in [-0.3, -0.25) is 4.79 Å². The Hall–Kier alpha value is -1.47. The number of amides is 1. The monoisotopic (exact) mass is 365 g/mol. The summed E-state index contributed by atoms with van der Waals surface area (Å²) in [7, 11) is 0. The molecule has 2 N–H and O–H groups in total. The Kier molecular flexibility index (Phi) is 5.50. The minimum atomic E-state index is -0.426. The zero-order valence-corrected chi connectivity index (χ0v) is 15.2. The summed E-state index contributed by atoms with van der Waals surface area (Å²) in [6.07, 6.45) is -0.426. The standard InChI is InChI=1S/C17H20ClN3O2S/c1-10(20-16(22)14-9-19-7-8-23-14)15-11(2)21-17(24-15)12-3-5-13(18)6-4-12/h3-6,10,14,19H,7-9H2,1-2H3,(H,20,22). The van der Waals surface area contributed by atoms with E-state index in [1.807, 2.05) is 38.1 Å². The van der Waals surface area contributed by atoms with Gasteiger partial charge in [0.25, 0.3) is 5.91 Å². The van der Waals surface area contributed by atoms with Gasteiger partial charge in [-0.2, -0.15) is 0 Å². The predicted octanol–water partition coefficient (Wildman–Crippen LogP) is 2.94. The molecule has 1 aromatic carbocycles. The maximum atomic E-state index is 12.3. The Balaban J connectivity index is 1.71. The van der Waals surface area contributed by atoms with Gasteiger partial charge in [0.1, 0.15) is 11.1 Å². The number of morpholine rings is 1. The van der Waals surface area contributed by atoms with E-state index in [0.717, 1.165) is 27.7 Å². The lowest BCUT2D eigenvalue weighted by atomic mass is 10.2. The number of aryl methyl sites for hydroxylation is 1. The molecule has 1 aliphatic rings. The lowest BCUT2D eigenvalue weighted by Crippen LogP contribution is -2.48. The molecule has 2 heterocycles. The van der Waals surface area contributed by atoms with Gasteiger partial charge in [-0.05, 0) is 26.0 Å². The number of halogens is 1. The molecule has 2 atom stereocenters. The highest BCUT2D eigenvalue weighted by atomic mass is 35.5. The number of benzene rings is 1. The van der Waals surface area contributed by atoms with Crippen LogP contribution in [-0.2, 0) is 9.53 Å². The predicted molar refractivity (Wildman–Crippen MR) is 96.5 cm³/mol. The first-order valence-electron chi connectivity index (χ1n) is 7.90. The second kappa shape index (κ2) is 7.61. The van der Waals surface area contributed by atoms with Crippen molar-refractivity contribution in [2.24, 2.45) is 0 Å². The Labute approximate surface area is 150 Å². The first-order chi connectivity index (χ1) is 11.5. The number of hydrogen-bond acceptors (Lipinski definition) is 5. The molecular formula is C17H20ClN3O2S.